The zero-order valence-corrected chi connectivity index (χ0v) is 10.1. The number of hydrogen-bond acceptors (Lipinski definition) is 1. The summed E-state index contributed by atoms with van der Waals surface area (Å²) in [5.41, 5.74) is 1.45. The van der Waals surface area contributed by atoms with Gasteiger partial charge in [-0.1, -0.05) is 28.1 Å². The Hall–Kier alpha value is -0.340. The molecular formula is C12H16BrN. The molecule has 1 saturated heterocycles. The lowest BCUT2D eigenvalue weighted by Crippen LogP contribution is -2.26. The van der Waals surface area contributed by atoms with E-state index >= 15 is 0 Å². The molecule has 0 aromatic heterocycles. The van der Waals surface area contributed by atoms with Gasteiger partial charge in [-0.05, 0) is 50.6 Å². The van der Waals surface area contributed by atoms with E-state index in [1.165, 1.54) is 35.8 Å². The molecule has 1 aromatic rings. The van der Waals surface area contributed by atoms with Gasteiger partial charge in [-0.15, -0.1) is 0 Å². The first-order chi connectivity index (χ1) is 6.75. The van der Waals surface area contributed by atoms with Gasteiger partial charge in [0.15, 0.2) is 0 Å². The summed E-state index contributed by atoms with van der Waals surface area (Å²) in [6.07, 6.45) is 3.91. The van der Waals surface area contributed by atoms with Gasteiger partial charge in [0.25, 0.3) is 0 Å². The first kappa shape index (κ1) is 10.2. The zero-order chi connectivity index (χ0) is 9.97. The summed E-state index contributed by atoms with van der Waals surface area (Å²) < 4.78 is 1.17. The van der Waals surface area contributed by atoms with Crippen LogP contribution < -0.4 is 0 Å². The minimum atomic E-state index is 0.760. The first-order valence-electron chi connectivity index (χ1n) is 5.20. The molecule has 1 atom stereocenters. The highest BCUT2D eigenvalue weighted by atomic mass is 79.9. The minimum Gasteiger partial charge on any atom is -0.303 e. The van der Waals surface area contributed by atoms with Crippen LogP contribution in [-0.4, -0.2) is 24.5 Å². The lowest BCUT2D eigenvalue weighted by atomic mass is 10.0. The van der Waals surface area contributed by atoms with E-state index in [1.807, 2.05) is 0 Å². The molecule has 0 bridgehead atoms. The third kappa shape index (κ3) is 2.37. The van der Waals surface area contributed by atoms with Crippen molar-refractivity contribution in [1.82, 2.24) is 4.90 Å². The fraction of sp³-hybridized carbons (Fsp3) is 0.500. The van der Waals surface area contributed by atoms with E-state index in [0.29, 0.717) is 0 Å². The second kappa shape index (κ2) is 4.45. The number of likely N-dealkylation sites (N-methyl/N-ethyl adjacent to an activating group) is 1. The minimum absolute atomic E-state index is 0.760. The van der Waals surface area contributed by atoms with Crippen LogP contribution >= 0.6 is 15.9 Å². The number of nitrogens with zero attached hydrogens (tertiary/aromatic N) is 1. The van der Waals surface area contributed by atoms with Crippen LogP contribution in [0.2, 0.25) is 0 Å². The molecule has 1 heterocycles. The van der Waals surface area contributed by atoms with Crippen molar-refractivity contribution in [3.8, 4) is 0 Å². The summed E-state index contributed by atoms with van der Waals surface area (Å²) in [4.78, 5) is 2.47. The molecule has 2 heteroatoms. The molecule has 1 fully saturated rings. The molecule has 0 amide bonds. The van der Waals surface area contributed by atoms with Gasteiger partial charge in [0.2, 0.25) is 0 Å². The Kier molecular flexibility index (Phi) is 3.24. The van der Waals surface area contributed by atoms with Crippen molar-refractivity contribution in [2.45, 2.75) is 25.3 Å². The highest BCUT2D eigenvalue weighted by Crippen LogP contribution is 2.20. The summed E-state index contributed by atoms with van der Waals surface area (Å²) in [5.74, 6) is 0. The largest absolute Gasteiger partial charge is 0.303 e. The van der Waals surface area contributed by atoms with E-state index < -0.39 is 0 Å². The lowest BCUT2D eigenvalue weighted by molar-refractivity contribution is 0.309. The average Bonchev–Trinajstić information content (AvgIpc) is 2.56. The van der Waals surface area contributed by atoms with Crippen LogP contribution in [0.25, 0.3) is 0 Å². The Morgan fingerprint density at radius 3 is 2.64 bits per heavy atom. The molecule has 0 saturated carbocycles. The van der Waals surface area contributed by atoms with Crippen molar-refractivity contribution in [2.75, 3.05) is 13.6 Å². The summed E-state index contributed by atoms with van der Waals surface area (Å²) in [6, 6.07) is 9.46. The Morgan fingerprint density at radius 1 is 1.36 bits per heavy atom. The topological polar surface area (TPSA) is 3.24 Å². The van der Waals surface area contributed by atoms with Gasteiger partial charge in [0.05, 0.1) is 0 Å². The number of hydrogen-bond donors (Lipinski definition) is 0. The lowest BCUT2D eigenvalue weighted by Gasteiger charge is -2.19. The van der Waals surface area contributed by atoms with E-state index in [-0.39, 0.29) is 0 Å². The van der Waals surface area contributed by atoms with Crippen molar-refractivity contribution < 1.29 is 0 Å². The summed E-state index contributed by atoms with van der Waals surface area (Å²) in [5, 5.41) is 0. The predicted molar refractivity (Wildman–Crippen MR) is 63.5 cm³/mol. The van der Waals surface area contributed by atoms with E-state index in [4.69, 9.17) is 0 Å². The van der Waals surface area contributed by atoms with Crippen LogP contribution in [0.5, 0.6) is 0 Å². The second-order valence-corrected chi connectivity index (χ2v) is 5.02. The number of halogens is 1. The Morgan fingerprint density at radius 2 is 2.07 bits per heavy atom. The third-order valence-electron chi connectivity index (χ3n) is 3.06. The molecule has 0 N–H and O–H groups in total. The highest BCUT2D eigenvalue weighted by molar-refractivity contribution is 9.10. The van der Waals surface area contributed by atoms with Crippen LogP contribution in [0.3, 0.4) is 0 Å². The standard InChI is InChI=1S/C12H16BrN/c1-14-8-2-3-12(14)9-10-4-6-11(13)7-5-10/h4-7,12H,2-3,8-9H2,1H3. The van der Waals surface area contributed by atoms with Crippen molar-refractivity contribution in [3.63, 3.8) is 0 Å². The molecule has 2 rings (SSSR count). The molecule has 76 valence electrons. The van der Waals surface area contributed by atoms with E-state index in [9.17, 15) is 0 Å². The van der Waals surface area contributed by atoms with E-state index in [2.05, 4.69) is 52.1 Å². The van der Waals surface area contributed by atoms with Gasteiger partial charge < -0.3 is 4.90 Å². The summed E-state index contributed by atoms with van der Waals surface area (Å²) in [7, 11) is 2.23. The van der Waals surface area contributed by atoms with Crippen molar-refractivity contribution in [3.05, 3.63) is 34.3 Å². The quantitative estimate of drug-likeness (QED) is 0.783. The van der Waals surface area contributed by atoms with E-state index in [1.54, 1.807) is 0 Å². The monoisotopic (exact) mass is 253 g/mol. The van der Waals surface area contributed by atoms with Crippen LogP contribution in [0.15, 0.2) is 28.7 Å². The van der Waals surface area contributed by atoms with E-state index in [0.717, 1.165) is 6.04 Å². The molecule has 0 aliphatic carbocycles. The molecule has 0 radical (unpaired) electrons. The third-order valence-corrected chi connectivity index (χ3v) is 3.58. The molecule has 1 aliphatic heterocycles. The zero-order valence-electron chi connectivity index (χ0n) is 8.54. The molecular weight excluding hydrogens is 238 g/mol. The fourth-order valence-corrected chi connectivity index (χ4v) is 2.39. The summed E-state index contributed by atoms with van der Waals surface area (Å²) in [6.45, 7) is 1.27. The Labute approximate surface area is 94.2 Å². The smallest absolute Gasteiger partial charge is 0.0175 e. The molecule has 1 aromatic carbocycles. The number of benzene rings is 1. The van der Waals surface area contributed by atoms with Crippen LogP contribution in [0.4, 0.5) is 0 Å². The van der Waals surface area contributed by atoms with Gasteiger partial charge in [-0.25, -0.2) is 0 Å². The molecule has 0 spiro atoms. The van der Waals surface area contributed by atoms with Gasteiger partial charge in [0.1, 0.15) is 0 Å². The number of rotatable bonds is 2. The molecule has 1 nitrogen and oxygen atoms in total. The van der Waals surface area contributed by atoms with Gasteiger partial charge in [-0.2, -0.15) is 0 Å². The maximum Gasteiger partial charge on any atom is 0.0175 e. The molecule has 14 heavy (non-hydrogen) atoms. The van der Waals surface area contributed by atoms with Crippen molar-refractivity contribution in [2.24, 2.45) is 0 Å². The van der Waals surface area contributed by atoms with Crippen LogP contribution in [0, 0.1) is 0 Å². The highest BCUT2D eigenvalue weighted by Gasteiger charge is 2.20. The fourth-order valence-electron chi connectivity index (χ4n) is 2.13. The van der Waals surface area contributed by atoms with Gasteiger partial charge in [0, 0.05) is 10.5 Å². The SMILES string of the molecule is CN1CCCC1Cc1ccc(Br)cc1. The molecule has 1 unspecified atom stereocenters. The Balaban J connectivity index is 2.00. The van der Waals surface area contributed by atoms with Gasteiger partial charge >= 0.3 is 0 Å². The maximum atomic E-state index is 3.46. The normalized spacial score (nSPS) is 22.9. The molecule has 1 aliphatic rings. The first-order valence-corrected chi connectivity index (χ1v) is 6.00. The average molecular weight is 254 g/mol. The number of likely N-dealkylation sites (tertiary alicyclic amines) is 1. The second-order valence-electron chi connectivity index (χ2n) is 4.11. The Bertz CT molecular complexity index is 294. The van der Waals surface area contributed by atoms with Crippen LogP contribution in [-0.2, 0) is 6.42 Å². The van der Waals surface area contributed by atoms with Gasteiger partial charge in [-0.3, -0.25) is 0 Å². The van der Waals surface area contributed by atoms with Crippen LogP contribution in [0.1, 0.15) is 18.4 Å². The predicted octanol–water partition coefficient (Wildman–Crippen LogP) is 3.09. The van der Waals surface area contributed by atoms with Crippen molar-refractivity contribution in [1.29, 1.82) is 0 Å². The summed E-state index contributed by atoms with van der Waals surface area (Å²) >= 11 is 3.46. The maximum absolute atomic E-state index is 3.46. The van der Waals surface area contributed by atoms with Crippen molar-refractivity contribution >= 4 is 15.9 Å².